The lowest BCUT2D eigenvalue weighted by atomic mass is 9.74. The Morgan fingerprint density at radius 3 is 2.95 bits per heavy atom. The zero-order valence-electron chi connectivity index (χ0n) is 13.0. The third-order valence-electron chi connectivity index (χ3n) is 5.43. The van der Waals surface area contributed by atoms with E-state index in [9.17, 15) is 4.79 Å². The van der Waals surface area contributed by atoms with Crippen molar-refractivity contribution in [1.82, 2.24) is 10.2 Å². The average Bonchev–Trinajstić information content (AvgIpc) is 3.01. The molecular formula is C15H27ClN2O3. The van der Waals surface area contributed by atoms with Gasteiger partial charge in [0.05, 0.1) is 19.1 Å². The lowest BCUT2D eigenvalue weighted by Gasteiger charge is -2.35. The third kappa shape index (κ3) is 3.07. The summed E-state index contributed by atoms with van der Waals surface area (Å²) in [6.07, 6.45) is 2.02. The smallest absolute Gasteiger partial charge is 0.313 e. The molecule has 0 bridgehead atoms. The van der Waals surface area contributed by atoms with Gasteiger partial charge in [0.25, 0.3) is 0 Å². The Hall–Kier alpha value is -0.360. The van der Waals surface area contributed by atoms with Gasteiger partial charge in [0.1, 0.15) is 0 Å². The van der Waals surface area contributed by atoms with Crippen LogP contribution in [0, 0.1) is 16.7 Å². The lowest BCUT2D eigenvalue weighted by molar-refractivity contribution is -0.161. The quantitative estimate of drug-likeness (QED) is 0.784. The Bertz CT molecular complexity index is 387. The second-order valence-corrected chi connectivity index (χ2v) is 7.08. The summed E-state index contributed by atoms with van der Waals surface area (Å²) in [4.78, 5) is 14.8. The number of esters is 1. The van der Waals surface area contributed by atoms with Gasteiger partial charge in [-0.15, -0.1) is 12.4 Å². The first-order chi connectivity index (χ1) is 9.58. The highest BCUT2D eigenvalue weighted by Crippen LogP contribution is 2.44. The summed E-state index contributed by atoms with van der Waals surface area (Å²) >= 11 is 0. The minimum atomic E-state index is -0.324. The van der Waals surface area contributed by atoms with Crippen molar-refractivity contribution >= 4 is 18.4 Å². The maximum atomic E-state index is 12.3. The van der Waals surface area contributed by atoms with E-state index in [1.54, 1.807) is 0 Å². The Balaban J connectivity index is 0.00000161. The highest BCUT2D eigenvalue weighted by Gasteiger charge is 2.55. The van der Waals surface area contributed by atoms with Crippen LogP contribution in [0.15, 0.2) is 0 Å². The van der Waals surface area contributed by atoms with E-state index in [1.165, 1.54) is 13.5 Å². The van der Waals surface area contributed by atoms with Gasteiger partial charge in [-0.3, -0.25) is 4.79 Å². The van der Waals surface area contributed by atoms with Gasteiger partial charge in [-0.25, -0.2) is 0 Å². The number of nitrogens with one attached hydrogen (secondary N) is 1. The molecule has 3 atom stereocenters. The Kier molecular flexibility index (Phi) is 5.19. The van der Waals surface area contributed by atoms with Gasteiger partial charge in [0.15, 0.2) is 0 Å². The molecule has 0 aromatic carbocycles. The molecule has 0 aromatic rings. The first-order valence-electron chi connectivity index (χ1n) is 7.67. The number of methoxy groups -OCH3 is 1. The maximum Gasteiger partial charge on any atom is 0.313 e. The fraction of sp³-hybridized carbons (Fsp3) is 0.933. The summed E-state index contributed by atoms with van der Waals surface area (Å²) in [7, 11) is 1.51. The highest BCUT2D eigenvalue weighted by molar-refractivity contribution is 5.85. The topological polar surface area (TPSA) is 50.8 Å². The van der Waals surface area contributed by atoms with Crippen LogP contribution in [0.4, 0.5) is 0 Å². The zero-order valence-corrected chi connectivity index (χ0v) is 13.8. The van der Waals surface area contributed by atoms with E-state index in [-0.39, 0.29) is 23.8 Å². The molecule has 0 aromatic heterocycles. The molecule has 3 aliphatic rings. The summed E-state index contributed by atoms with van der Waals surface area (Å²) in [5.41, 5.74) is 0.0149. The number of carbonyl (C=O) groups excluding carboxylic acids is 1. The molecule has 3 saturated heterocycles. The van der Waals surface area contributed by atoms with Crippen LogP contribution in [0.5, 0.6) is 0 Å². The van der Waals surface area contributed by atoms with Crippen LogP contribution in [0.1, 0.15) is 19.8 Å². The number of likely N-dealkylation sites (tertiary alicyclic amines) is 1. The van der Waals surface area contributed by atoms with E-state index in [4.69, 9.17) is 9.47 Å². The Morgan fingerprint density at radius 2 is 2.29 bits per heavy atom. The van der Waals surface area contributed by atoms with E-state index in [0.717, 1.165) is 39.1 Å². The molecule has 6 heteroatoms. The standard InChI is InChI=1S/C15H26N2O3.ClH/c1-14(3-5-16-9-14)10-17-7-12-8-20-6-4-15(12,11-17)13(18)19-2;/h12,16H,3-11H2,1-2H3;1H/t12-,14?,15+;/m0./s1. The number of nitrogens with zero attached hydrogens (tertiary/aromatic N) is 1. The molecule has 0 radical (unpaired) electrons. The summed E-state index contributed by atoms with van der Waals surface area (Å²) in [5, 5.41) is 3.45. The van der Waals surface area contributed by atoms with E-state index < -0.39 is 0 Å². The summed E-state index contributed by atoms with van der Waals surface area (Å²) < 4.78 is 10.7. The van der Waals surface area contributed by atoms with Gasteiger partial charge in [-0.2, -0.15) is 0 Å². The monoisotopic (exact) mass is 318 g/mol. The van der Waals surface area contributed by atoms with Gasteiger partial charge >= 0.3 is 5.97 Å². The Labute approximate surface area is 133 Å². The first-order valence-corrected chi connectivity index (χ1v) is 7.67. The SMILES string of the molecule is COC(=O)[C@@]12CCOC[C@@H]1CN(CC1(C)CCNC1)C2.Cl. The molecule has 3 aliphatic heterocycles. The number of fused-ring (bicyclic) bond motifs is 1. The van der Waals surface area contributed by atoms with Crippen LogP contribution in [0.25, 0.3) is 0 Å². The van der Waals surface area contributed by atoms with Crippen LogP contribution < -0.4 is 5.32 Å². The van der Waals surface area contributed by atoms with Gasteiger partial charge in [-0.1, -0.05) is 6.92 Å². The fourth-order valence-corrected chi connectivity index (χ4v) is 4.25. The molecule has 122 valence electrons. The molecule has 3 fully saturated rings. The van der Waals surface area contributed by atoms with Crippen molar-refractivity contribution in [2.75, 3.05) is 53.0 Å². The predicted molar refractivity (Wildman–Crippen MR) is 82.7 cm³/mol. The van der Waals surface area contributed by atoms with Crippen molar-refractivity contribution in [2.45, 2.75) is 19.8 Å². The van der Waals surface area contributed by atoms with Gasteiger partial charge in [0.2, 0.25) is 0 Å². The summed E-state index contributed by atoms with van der Waals surface area (Å²) in [6, 6.07) is 0. The van der Waals surface area contributed by atoms with Crippen molar-refractivity contribution in [3.63, 3.8) is 0 Å². The van der Waals surface area contributed by atoms with Crippen molar-refractivity contribution in [3.8, 4) is 0 Å². The Morgan fingerprint density at radius 1 is 1.48 bits per heavy atom. The van der Waals surface area contributed by atoms with E-state index in [1.807, 2.05) is 0 Å². The molecule has 5 nitrogen and oxygen atoms in total. The number of halogens is 1. The molecule has 0 saturated carbocycles. The number of rotatable bonds is 3. The molecule has 0 aliphatic carbocycles. The number of carbonyl (C=O) groups is 1. The normalized spacial score (nSPS) is 39.6. The van der Waals surface area contributed by atoms with Crippen LogP contribution >= 0.6 is 12.4 Å². The van der Waals surface area contributed by atoms with Crippen molar-refractivity contribution < 1.29 is 14.3 Å². The van der Waals surface area contributed by atoms with Gasteiger partial charge < -0.3 is 19.7 Å². The number of hydrogen-bond acceptors (Lipinski definition) is 5. The first kappa shape index (κ1) is 17.0. The summed E-state index contributed by atoms with van der Waals surface area (Å²) in [5.74, 6) is 0.254. The number of hydrogen-bond donors (Lipinski definition) is 1. The largest absolute Gasteiger partial charge is 0.469 e. The maximum absolute atomic E-state index is 12.3. The van der Waals surface area contributed by atoms with E-state index in [0.29, 0.717) is 24.5 Å². The number of ether oxygens (including phenoxy) is 2. The van der Waals surface area contributed by atoms with Gasteiger partial charge in [-0.05, 0) is 24.8 Å². The average molecular weight is 319 g/mol. The fourth-order valence-electron chi connectivity index (χ4n) is 4.25. The lowest BCUT2D eigenvalue weighted by Crippen LogP contribution is -2.46. The highest BCUT2D eigenvalue weighted by atomic mass is 35.5. The molecule has 0 spiro atoms. The molecule has 1 N–H and O–H groups in total. The third-order valence-corrected chi connectivity index (χ3v) is 5.43. The van der Waals surface area contributed by atoms with Crippen LogP contribution in [-0.4, -0.2) is 63.9 Å². The minimum Gasteiger partial charge on any atom is -0.469 e. The van der Waals surface area contributed by atoms with E-state index in [2.05, 4.69) is 17.1 Å². The second kappa shape index (κ2) is 6.41. The molecular weight excluding hydrogens is 292 g/mol. The predicted octanol–water partition coefficient (Wildman–Crippen LogP) is 0.919. The van der Waals surface area contributed by atoms with Crippen molar-refractivity contribution in [3.05, 3.63) is 0 Å². The second-order valence-electron chi connectivity index (χ2n) is 7.08. The molecule has 3 rings (SSSR count). The molecule has 1 unspecified atom stereocenters. The molecule has 3 heterocycles. The summed E-state index contributed by atoms with van der Waals surface area (Å²) in [6.45, 7) is 8.77. The van der Waals surface area contributed by atoms with Crippen molar-refractivity contribution in [1.29, 1.82) is 0 Å². The van der Waals surface area contributed by atoms with E-state index >= 15 is 0 Å². The molecule has 0 amide bonds. The van der Waals surface area contributed by atoms with Gasteiger partial charge in [0, 0.05) is 38.7 Å². The van der Waals surface area contributed by atoms with Crippen LogP contribution in [0.3, 0.4) is 0 Å². The molecule has 21 heavy (non-hydrogen) atoms. The van der Waals surface area contributed by atoms with Crippen LogP contribution in [0.2, 0.25) is 0 Å². The van der Waals surface area contributed by atoms with Crippen molar-refractivity contribution in [2.24, 2.45) is 16.7 Å². The minimum absolute atomic E-state index is 0. The van der Waals surface area contributed by atoms with Crippen LogP contribution in [-0.2, 0) is 14.3 Å². The zero-order chi connectivity index (χ0) is 14.2.